The summed E-state index contributed by atoms with van der Waals surface area (Å²) in [4.78, 5) is 12.2. The van der Waals surface area contributed by atoms with Crippen LogP contribution in [0.2, 0.25) is 0 Å². The molecule has 3 aromatic rings. The number of carbonyl (C=O) groups excluding carboxylic acids is 1. The molecule has 158 valence electrons. The third kappa shape index (κ3) is 5.11. The number of hydrogen-bond acceptors (Lipinski definition) is 6. The molecule has 30 heavy (non-hydrogen) atoms. The van der Waals surface area contributed by atoms with E-state index in [1.807, 2.05) is 67.8 Å². The monoisotopic (exact) mass is 766 g/mol. The number of benzene rings is 3. The van der Waals surface area contributed by atoms with Crippen molar-refractivity contribution in [2.75, 3.05) is 13.2 Å². The fourth-order valence-electron chi connectivity index (χ4n) is 2.72. The van der Waals surface area contributed by atoms with Gasteiger partial charge >= 0.3 is 5.97 Å². The number of phenolic OH excluding ortho intramolecular Hbond substituents is 1. The van der Waals surface area contributed by atoms with Crippen molar-refractivity contribution in [3.8, 4) is 11.5 Å². The zero-order valence-electron chi connectivity index (χ0n) is 14.9. The summed E-state index contributed by atoms with van der Waals surface area (Å²) < 4.78 is 45.2. The van der Waals surface area contributed by atoms with Gasteiger partial charge in [0.2, 0.25) is 0 Å². The molecule has 0 bridgehead atoms. The molecule has 0 spiro atoms. The first-order valence-corrected chi connectivity index (χ1v) is 12.9. The van der Waals surface area contributed by atoms with Crippen LogP contribution in [0.5, 0.6) is 11.5 Å². The Hall–Kier alpha value is -0.910. The number of ether oxygens (including phenoxy) is 2. The Labute approximate surface area is 213 Å². The highest BCUT2D eigenvalue weighted by Crippen LogP contribution is 2.33. The number of aromatic hydroxyl groups is 1. The Balaban J connectivity index is 1.72. The van der Waals surface area contributed by atoms with Crippen LogP contribution in [0.15, 0.2) is 47.4 Å². The van der Waals surface area contributed by atoms with Gasteiger partial charge in [-0.05, 0) is 86.0 Å². The van der Waals surface area contributed by atoms with Crippen molar-refractivity contribution in [2.45, 2.75) is 4.90 Å². The van der Waals surface area contributed by atoms with Gasteiger partial charge < -0.3 is 14.6 Å². The van der Waals surface area contributed by atoms with Crippen LogP contribution in [0, 0.1) is 10.7 Å². The van der Waals surface area contributed by atoms with Crippen molar-refractivity contribution in [1.82, 2.24) is 0 Å². The molecule has 7 nitrogen and oxygen atoms in total. The Bertz CT molecular complexity index is 1240. The molecular formula is C19H13I3O7S. The first kappa shape index (κ1) is 23.7. The zero-order chi connectivity index (χ0) is 22.1. The summed E-state index contributed by atoms with van der Waals surface area (Å²) in [5, 5.41) is 10.9. The number of esters is 1. The van der Waals surface area contributed by atoms with Gasteiger partial charge in [-0.25, -0.2) is 4.79 Å². The van der Waals surface area contributed by atoms with Crippen molar-refractivity contribution in [1.29, 1.82) is 0 Å². The van der Waals surface area contributed by atoms with Gasteiger partial charge in [-0.15, -0.1) is 0 Å². The second-order valence-electron chi connectivity index (χ2n) is 5.94. The minimum Gasteiger partial charge on any atom is -0.506 e. The fourth-order valence-corrected chi connectivity index (χ4v) is 7.23. The van der Waals surface area contributed by atoms with E-state index in [2.05, 4.69) is 0 Å². The predicted molar refractivity (Wildman–Crippen MR) is 136 cm³/mol. The molecule has 0 radical (unpaired) electrons. The van der Waals surface area contributed by atoms with E-state index in [9.17, 15) is 22.9 Å². The molecular weight excluding hydrogens is 753 g/mol. The predicted octanol–water partition coefficient (Wildman–Crippen LogP) is 4.84. The fraction of sp³-hybridized carbons (Fsp3) is 0.105. The third-order valence-corrected chi connectivity index (χ3v) is 7.68. The molecule has 11 heteroatoms. The minimum absolute atomic E-state index is 0.0322. The molecule has 0 saturated heterocycles. The van der Waals surface area contributed by atoms with Crippen LogP contribution in [0.4, 0.5) is 0 Å². The molecule has 3 aromatic carbocycles. The van der Waals surface area contributed by atoms with Gasteiger partial charge in [-0.2, -0.15) is 8.42 Å². The average Bonchev–Trinajstić information content (AvgIpc) is 2.68. The standard InChI is InChI=1S/C19H13I3O7S/c20-12-9-13(21)18(23)17(22)16(12)19(24)29-8-7-28-14-5-6-15(30(25,26)27)11-4-2-1-3-10(11)14/h1-6,9,23H,7-8H2,(H,25,26,27). The van der Waals surface area contributed by atoms with Crippen LogP contribution < -0.4 is 4.74 Å². The molecule has 0 aliphatic carbocycles. The molecule has 0 aromatic heterocycles. The molecule has 3 rings (SSSR count). The van der Waals surface area contributed by atoms with Gasteiger partial charge in [0, 0.05) is 14.3 Å². The summed E-state index contributed by atoms with van der Waals surface area (Å²) in [5.74, 6) is -0.152. The van der Waals surface area contributed by atoms with Crippen molar-refractivity contribution >= 4 is 94.6 Å². The number of carbonyl (C=O) groups is 1. The Kier molecular flexibility index (Phi) is 7.68. The maximum absolute atomic E-state index is 12.4. The summed E-state index contributed by atoms with van der Waals surface area (Å²) in [7, 11) is -4.38. The lowest BCUT2D eigenvalue weighted by Gasteiger charge is -2.13. The molecule has 2 N–H and O–H groups in total. The van der Waals surface area contributed by atoms with Crippen molar-refractivity contribution in [3.63, 3.8) is 0 Å². The Morgan fingerprint density at radius 1 is 0.967 bits per heavy atom. The van der Waals surface area contributed by atoms with Crippen molar-refractivity contribution in [3.05, 3.63) is 58.7 Å². The zero-order valence-corrected chi connectivity index (χ0v) is 22.2. The van der Waals surface area contributed by atoms with Crippen LogP contribution in [-0.4, -0.2) is 37.3 Å². The second-order valence-corrected chi connectivity index (χ2v) is 10.7. The summed E-state index contributed by atoms with van der Waals surface area (Å²) in [5.41, 5.74) is 0.289. The van der Waals surface area contributed by atoms with Crippen LogP contribution in [-0.2, 0) is 14.9 Å². The van der Waals surface area contributed by atoms with Gasteiger partial charge in [0.25, 0.3) is 10.1 Å². The smallest absolute Gasteiger partial charge is 0.340 e. The molecule has 0 unspecified atom stereocenters. The Morgan fingerprint density at radius 3 is 2.30 bits per heavy atom. The van der Waals surface area contributed by atoms with E-state index in [1.165, 1.54) is 12.1 Å². The molecule has 0 aliphatic heterocycles. The van der Waals surface area contributed by atoms with Crippen LogP contribution >= 0.6 is 67.8 Å². The maximum atomic E-state index is 12.4. The average molecular weight is 766 g/mol. The second kappa shape index (κ2) is 9.70. The summed E-state index contributed by atoms with van der Waals surface area (Å²) in [6.07, 6.45) is 0. The van der Waals surface area contributed by atoms with E-state index >= 15 is 0 Å². The van der Waals surface area contributed by atoms with E-state index < -0.39 is 16.1 Å². The molecule has 0 saturated carbocycles. The SMILES string of the molecule is O=C(OCCOc1ccc(S(=O)(=O)O)c2ccccc12)c1c(I)cc(I)c(O)c1I. The third-order valence-electron chi connectivity index (χ3n) is 4.05. The molecule has 0 heterocycles. The highest BCUT2D eigenvalue weighted by Gasteiger charge is 2.21. The van der Waals surface area contributed by atoms with Crippen LogP contribution in [0.3, 0.4) is 0 Å². The van der Waals surface area contributed by atoms with Gasteiger partial charge in [0.1, 0.15) is 29.6 Å². The lowest BCUT2D eigenvalue weighted by atomic mass is 10.1. The number of phenols is 1. The number of fused-ring (bicyclic) bond motifs is 1. The quantitative estimate of drug-likeness (QED) is 0.160. The minimum atomic E-state index is -4.38. The van der Waals surface area contributed by atoms with Gasteiger partial charge in [-0.1, -0.05) is 24.3 Å². The normalized spacial score (nSPS) is 11.5. The first-order valence-electron chi connectivity index (χ1n) is 8.27. The van der Waals surface area contributed by atoms with Crippen molar-refractivity contribution < 1.29 is 32.3 Å². The van der Waals surface area contributed by atoms with Crippen LogP contribution in [0.1, 0.15) is 10.4 Å². The lowest BCUT2D eigenvalue weighted by Crippen LogP contribution is -2.15. The number of hydrogen-bond donors (Lipinski definition) is 2. The lowest BCUT2D eigenvalue weighted by molar-refractivity contribution is 0.0448. The highest BCUT2D eigenvalue weighted by atomic mass is 127. The topological polar surface area (TPSA) is 110 Å². The Morgan fingerprint density at radius 2 is 1.63 bits per heavy atom. The molecule has 0 fully saturated rings. The number of rotatable bonds is 6. The van der Waals surface area contributed by atoms with E-state index in [-0.39, 0.29) is 29.4 Å². The van der Waals surface area contributed by atoms with E-state index in [4.69, 9.17) is 9.47 Å². The first-order chi connectivity index (χ1) is 14.1. The van der Waals surface area contributed by atoms with E-state index in [1.54, 1.807) is 30.3 Å². The molecule has 0 aliphatic rings. The van der Waals surface area contributed by atoms with Crippen molar-refractivity contribution in [2.24, 2.45) is 0 Å². The maximum Gasteiger partial charge on any atom is 0.340 e. The van der Waals surface area contributed by atoms with Gasteiger partial charge in [-0.3, -0.25) is 4.55 Å². The van der Waals surface area contributed by atoms with Gasteiger partial charge in [0.15, 0.2) is 0 Å². The van der Waals surface area contributed by atoms with Gasteiger partial charge in [0.05, 0.1) is 12.7 Å². The molecule has 0 atom stereocenters. The van der Waals surface area contributed by atoms with Crippen LogP contribution in [0.25, 0.3) is 10.8 Å². The summed E-state index contributed by atoms with van der Waals surface area (Å²) in [6, 6.07) is 11.0. The largest absolute Gasteiger partial charge is 0.506 e. The number of halogens is 3. The van der Waals surface area contributed by atoms with E-state index in [0.717, 1.165) is 0 Å². The molecule has 0 amide bonds. The summed E-state index contributed by atoms with van der Waals surface area (Å²) >= 11 is 5.90. The van der Waals surface area contributed by atoms with E-state index in [0.29, 0.717) is 27.2 Å². The summed E-state index contributed by atoms with van der Waals surface area (Å²) in [6.45, 7) is -0.0173. The highest BCUT2D eigenvalue weighted by molar-refractivity contribution is 14.1.